The third-order valence-corrected chi connectivity index (χ3v) is 3.51. The van der Waals surface area contributed by atoms with Gasteiger partial charge in [0.05, 0.1) is 10.7 Å². The number of furan rings is 1. The zero-order valence-electron chi connectivity index (χ0n) is 12.2. The molecule has 3 nitrogen and oxygen atoms in total. The van der Waals surface area contributed by atoms with Crippen molar-refractivity contribution < 1.29 is 13.5 Å². The summed E-state index contributed by atoms with van der Waals surface area (Å²) in [5.74, 6) is 1.48. The molecule has 0 saturated heterocycles. The van der Waals surface area contributed by atoms with E-state index in [9.17, 15) is 4.39 Å². The average molecular weight is 356 g/mol. The molecule has 0 unspecified atom stereocenters. The fourth-order valence-corrected chi connectivity index (χ4v) is 2.07. The van der Waals surface area contributed by atoms with Crippen LogP contribution in [0, 0.1) is 11.7 Å². The fourth-order valence-electron chi connectivity index (χ4n) is 1.82. The number of halogens is 2. The number of hydrogen-bond donors (Lipinski definition) is 1. The second kappa shape index (κ2) is 7.61. The first-order valence-electron chi connectivity index (χ1n) is 6.89. The molecule has 1 aromatic carbocycles. The minimum Gasteiger partial charge on any atom is -0.486 e. The first-order chi connectivity index (χ1) is 10.0. The van der Waals surface area contributed by atoms with Gasteiger partial charge in [0.2, 0.25) is 0 Å². The van der Waals surface area contributed by atoms with Crippen molar-refractivity contribution in [3.8, 4) is 5.75 Å². The topological polar surface area (TPSA) is 34.4 Å². The predicted octanol–water partition coefficient (Wildman–Crippen LogP) is 4.51. The summed E-state index contributed by atoms with van der Waals surface area (Å²) in [7, 11) is 0. The van der Waals surface area contributed by atoms with E-state index in [0.29, 0.717) is 16.1 Å². The summed E-state index contributed by atoms with van der Waals surface area (Å²) in [6.07, 6.45) is 1.72. The SMILES string of the molecule is CC(C)CNCc1coc(COc2ccc(Br)c(F)c2)c1. The van der Waals surface area contributed by atoms with Crippen LogP contribution in [0.5, 0.6) is 5.75 Å². The highest BCUT2D eigenvalue weighted by molar-refractivity contribution is 9.10. The lowest BCUT2D eigenvalue weighted by Crippen LogP contribution is -2.18. The molecule has 1 heterocycles. The molecule has 0 amide bonds. The van der Waals surface area contributed by atoms with Crippen LogP contribution >= 0.6 is 15.9 Å². The Morgan fingerprint density at radius 2 is 2.14 bits per heavy atom. The minimum atomic E-state index is -0.342. The molecule has 0 fully saturated rings. The number of rotatable bonds is 7. The lowest BCUT2D eigenvalue weighted by molar-refractivity contribution is 0.269. The van der Waals surface area contributed by atoms with Crippen molar-refractivity contribution >= 4 is 15.9 Å². The van der Waals surface area contributed by atoms with Crippen LogP contribution in [-0.4, -0.2) is 6.54 Å². The van der Waals surface area contributed by atoms with Crippen molar-refractivity contribution in [2.24, 2.45) is 5.92 Å². The van der Waals surface area contributed by atoms with E-state index in [0.717, 1.165) is 24.4 Å². The Kier molecular flexibility index (Phi) is 5.82. The van der Waals surface area contributed by atoms with Crippen molar-refractivity contribution in [1.29, 1.82) is 0 Å². The van der Waals surface area contributed by atoms with Crippen molar-refractivity contribution in [3.05, 3.63) is 52.1 Å². The largest absolute Gasteiger partial charge is 0.486 e. The van der Waals surface area contributed by atoms with Gasteiger partial charge < -0.3 is 14.5 Å². The quantitative estimate of drug-likeness (QED) is 0.793. The Balaban J connectivity index is 1.83. The summed E-state index contributed by atoms with van der Waals surface area (Å²) in [5.41, 5.74) is 1.08. The highest BCUT2D eigenvalue weighted by atomic mass is 79.9. The van der Waals surface area contributed by atoms with Crippen LogP contribution in [0.1, 0.15) is 25.2 Å². The number of hydrogen-bond acceptors (Lipinski definition) is 3. The highest BCUT2D eigenvalue weighted by Crippen LogP contribution is 2.22. The smallest absolute Gasteiger partial charge is 0.146 e. The van der Waals surface area contributed by atoms with E-state index < -0.39 is 0 Å². The lowest BCUT2D eigenvalue weighted by Gasteiger charge is -2.05. The molecule has 0 atom stereocenters. The minimum absolute atomic E-state index is 0.283. The van der Waals surface area contributed by atoms with Crippen LogP contribution in [0.3, 0.4) is 0 Å². The molecule has 5 heteroatoms. The molecule has 2 aromatic rings. The molecule has 0 aliphatic rings. The standard InChI is InChI=1S/C16H19BrFNO2/c1-11(2)7-19-8-12-5-14(20-9-12)10-21-13-3-4-15(17)16(18)6-13/h3-6,9,11,19H,7-8,10H2,1-2H3. The number of ether oxygens (including phenoxy) is 1. The summed E-state index contributed by atoms with van der Waals surface area (Å²) in [6, 6.07) is 6.62. The lowest BCUT2D eigenvalue weighted by atomic mass is 10.2. The molecule has 0 spiro atoms. The van der Waals surface area contributed by atoms with Gasteiger partial charge in [-0.05, 0) is 46.6 Å². The molecule has 0 aliphatic carbocycles. The molecule has 2 rings (SSSR count). The Bertz CT molecular complexity index is 583. The van der Waals surface area contributed by atoms with Crippen LogP contribution in [0.15, 0.2) is 39.4 Å². The van der Waals surface area contributed by atoms with Crippen molar-refractivity contribution in [2.45, 2.75) is 27.0 Å². The summed E-state index contributed by atoms with van der Waals surface area (Å²) in [6.45, 7) is 6.35. The van der Waals surface area contributed by atoms with Gasteiger partial charge in [-0.2, -0.15) is 0 Å². The number of nitrogens with one attached hydrogen (secondary N) is 1. The van der Waals surface area contributed by atoms with Crippen LogP contribution in [0.4, 0.5) is 4.39 Å². The summed E-state index contributed by atoms with van der Waals surface area (Å²) in [4.78, 5) is 0. The zero-order chi connectivity index (χ0) is 15.2. The third-order valence-electron chi connectivity index (χ3n) is 2.86. The van der Waals surface area contributed by atoms with Gasteiger partial charge in [0.1, 0.15) is 23.9 Å². The molecule has 114 valence electrons. The maximum atomic E-state index is 13.4. The maximum Gasteiger partial charge on any atom is 0.146 e. The Morgan fingerprint density at radius 1 is 1.33 bits per heavy atom. The van der Waals surface area contributed by atoms with Crippen molar-refractivity contribution in [1.82, 2.24) is 5.32 Å². The predicted molar refractivity (Wildman–Crippen MR) is 83.7 cm³/mol. The monoisotopic (exact) mass is 355 g/mol. The van der Waals surface area contributed by atoms with Crippen LogP contribution in [0.2, 0.25) is 0 Å². The van der Waals surface area contributed by atoms with Crippen LogP contribution in [-0.2, 0) is 13.2 Å². The second-order valence-corrected chi connectivity index (χ2v) is 6.16. The molecule has 0 radical (unpaired) electrons. The molecule has 1 aromatic heterocycles. The molecule has 0 bridgehead atoms. The normalized spacial score (nSPS) is 11.1. The molecule has 1 N–H and O–H groups in total. The average Bonchev–Trinajstić information content (AvgIpc) is 2.88. The van der Waals surface area contributed by atoms with Crippen LogP contribution < -0.4 is 10.1 Å². The summed E-state index contributed by atoms with van der Waals surface area (Å²) < 4.78 is 24.7. The van der Waals surface area contributed by atoms with Gasteiger partial charge in [-0.25, -0.2) is 4.39 Å². The van der Waals surface area contributed by atoms with Gasteiger partial charge in [0.25, 0.3) is 0 Å². The van der Waals surface area contributed by atoms with E-state index in [1.54, 1.807) is 18.4 Å². The zero-order valence-corrected chi connectivity index (χ0v) is 13.7. The van der Waals surface area contributed by atoms with Gasteiger partial charge in [-0.3, -0.25) is 0 Å². The Hall–Kier alpha value is -1.33. The highest BCUT2D eigenvalue weighted by Gasteiger charge is 2.05. The van der Waals surface area contributed by atoms with Gasteiger partial charge in [-0.1, -0.05) is 13.8 Å². The van der Waals surface area contributed by atoms with Crippen molar-refractivity contribution in [2.75, 3.05) is 6.54 Å². The molecule has 0 aliphatic heterocycles. The van der Waals surface area contributed by atoms with Crippen molar-refractivity contribution in [3.63, 3.8) is 0 Å². The molecule has 0 saturated carbocycles. The van der Waals surface area contributed by atoms with E-state index in [1.807, 2.05) is 6.07 Å². The van der Waals surface area contributed by atoms with Gasteiger partial charge in [0.15, 0.2) is 0 Å². The molecule has 21 heavy (non-hydrogen) atoms. The fraction of sp³-hybridized carbons (Fsp3) is 0.375. The van der Waals surface area contributed by atoms with Gasteiger partial charge in [-0.15, -0.1) is 0 Å². The van der Waals surface area contributed by atoms with E-state index in [4.69, 9.17) is 9.15 Å². The first kappa shape index (κ1) is 16.0. The third kappa shape index (κ3) is 5.17. The van der Waals surface area contributed by atoms with Crippen LogP contribution in [0.25, 0.3) is 0 Å². The Morgan fingerprint density at radius 3 is 2.86 bits per heavy atom. The van der Waals surface area contributed by atoms with E-state index in [-0.39, 0.29) is 12.4 Å². The molecular weight excluding hydrogens is 337 g/mol. The van der Waals surface area contributed by atoms with E-state index in [1.165, 1.54) is 6.07 Å². The maximum absolute atomic E-state index is 13.4. The van der Waals surface area contributed by atoms with E-state index in [2.05, 4.69) is 35.1 Å². The number of benzene rings is 1. The van der Waals surface area contributed by atoms with Gasteiger partial charge >= 0.3 is 0 Å². The molecular formula is C16H19BrFNO2. The summed E-state index contributed by atoms with van der Waals surface area (Å²) >= 11 is 3.11. The van der Waals surface area contributed by atoms with E-state index >= 15 is 0 Å². The first-order valence-corrected chi connectivity index (χ1v) is 7.68. The second-order valence-electron chi connectivity index (χ2n) is 5.31. The Labute approximate surface area is 132 Å². The summed E-state index contributed by atoms with van der Waals surface area (Å²) in [5, 5.41) is 3.35. The van der Waals surface area contributed by atoms with Gasteiger partial charge in [0, 0.05) is 18.2 Å².